The second-order valence-corrected chi connectivity index (χ2v) is 6.31. The average molecular weight is 355 g/mol. The van der Waals surface area contributed by atoms with E-state index in [1.807, 2.05) is 19.1 Å². The third-order valence-electron chi connectivity index (χ3n) is 4.38. The van der Waals surface area contributed by atoms with E-state index in [-0.39, 0.29) is 6.79 Å². The Bertz CT molecular complexity index is 1220. The third-order valence-corrected chi connectivity index (χ3v) is 4.62. The van der Waals surface area contributed by atoms with E-state index in [1.54, 1.807) is 18.2 Å². The van der Waals surface area contributed by atoms with Gasteiger partial charge in [0.05, 0.1) is 0 Å². The molecule has 124 valence electrons. The fourth-order valence-electron chi connectivity index (χ4n) is 3.19. The molecule has 4 aromatic rings. The lowest BCUT2D eigenvalue weighted by atomic mass is 10.0. The molecule has 1 aliphatic rings. The highest BCUT2D eigenvalue weighted by Gasteiger charge is 2.21. The van der Waals surface area contributed by atoms with Crippen molar-refractivity contribution in [2.75, 3.05) is 6.79 Å². The van der Waals surface area contributed by atoms with E-state index in [4.69, 9.17) is 29.9 Å². The minimum Gasteiger partial charge on any atom is -0.456 e. The van der Waals surface area contributed by atoms with Gasteiger partial charge in [0.15, 0.2) is 11.5 Å². The molecule has 6 heteroatoms. The Morgan fingerprint density at radius 2 is 1.72 bits per heavy atom. The summed E-state index contributed by atoms with van der Waals surface area (Å²) in [5.41, 5.74) is 2.22. The summed E-state index contributed by atoms with van der Waals surface area (Å²) in [5.74, 6) is 1.77. The first kappa shape index (κ1) is 14.4. The van der Waals surface area contributed by atoms with Crippen molar-refractivity contribution in [2.45, 2.75) is 6.92 Å². The molecule has 0 saturated heterocycles. The maximum Gasteiger partial charge on any atom is 0.336 e. The summed E-state index contributed by atoms with van der Waals surface area (Å²) in [6, 6.07) is 10.3. The lowest BCUT2D eigenvalue weighted by Crippen LogP contribution is -1.98. The van der Waals surface area contributed by atoms with Gasteiger partial charge in [-0.1, -0.05) is 11.6 Å². The molecule has 3 heterocycles. The number of fused-ring (bicyclic) bond motifs is 3. The molecule has 0 aliphatic carbocycles. The molecule has 0 N–H and O–H groups in total. The van der Waals surface area contributed by atoms with E-state index in [9.17, 15) is 4.79 Å². The van der Waals surface area contributed by atoms with Gasteiger partial charge in [-0.25, -0.2) is 4.79 Å². The van der Waals surface area contributed by atoms with Crippen molar-refractivity contribution in [3.63, 3.8) is 0 Å². The van der Waals surface area contributed by atoms with Gasteiger partial charge >= 0.3 is 5.63 Å². The second kappa shape index (κ2) is 5.04. The maximum absolute atomic E-state index is 12.1. The summed E-state index contributed by atoms with van der Waals surface area (Å²) >= 11 is 6.09. The van der Waals surface area contributed by atoms with Gasteiger partial charge in [0, 0.05) is 39.1 Å². The van der Waals surface area contributed by atoms with Crippen LogP contribution >= 0.6 is 11.6 Å². The standard InChI is InChI=1S/C19H11ClO5/c1-9-11-4-10(20)2-3-14(11)25-19(9)13-6-18(21)24-15-7-17-16(5-12(13)15)22-8-23-17/h2-7H,8H2,1H3. The monoisotopic (exact) mass is 354 g/mol. The molecular weight excluding hydrogens is 344 g/mol. The van der Waals surface area contributed by atoms with E-state index in [0.29, 0.717) is 39.0 Å². The van der Waals surface area contributed by atoms with E-state index in [2.05, 4.69) is 0 Å². The first-order valence-electron chi connectivity index (χ1n) is 7.67. The van der Waals surface area contributed by atoms with Crippen LogP contribution in [0.1, 0.15) is 5.56 Å². The molecule has 0 saturated carbocycles. The molecule has 0 radical (unpaired) electrons. The highest BCUT2D eigenvalue weighted by atomic mass is 35.5. The van der Waals surface area contributed by atoms with Gasteiger partial charge in [0.25, 0.3) is 0 Å². The topological polar surface area (TPSA) is 61.8 Å². The highest BCUT2D eigenvalue weighted by molar-refractivity contribution is 6.31. The van der Waals surface area contributed by atoms with Gasteiger partial charge in [-0.2, -0.15) is 0 Å². The number of rotatable bonds is 1. The van der Waals surface area contributed by atoms with Gasteiger partial charge in [-0.3, -0.25) is 0 Å². The molecule has 2 aromatic carbocycles. The van der Waals surface area contributed by atoms with Crippen molar-refractivity contribution in [3.8, 4) is 22.8 Å². The number of halogens is 1. The molecule has 0 unspecified atom stereocenters. The lowest BCUT2D eigenvalue weighted by molar-refractivity contribution is 0.174. The number of furan rings is 1. The Balaban J connectivity index is 1.86. The van der Waals surface area contributed by atoms with Crippen LogP contribution in [0.3, 0.4) is 0 Å². The molecule has 5 nitrogen and oxygen atoms in total. The molecule has 5 rings (SSSR count). The van der Waals surface area contributed by atoms with Gasteiger partial charge in [-0.05, 0) is 31.2 Å². The van der Waals surface area contributed by atoms with Crippen molar-refractivity contribution in [1.82, 2.24) is 0 Å². The number of hydrogen-bond donors (Lipinski definition) is 0. The largest absolute Gasteiger partial charge is 0.456 e. The Labute approximate surface area is 146 Å². The van der Waals surface area contributed by atoms with Gasteiger partial charge in [-0.15, -0.1) is 0 Å². The predicted octanol–water partition coefficient (Wildman–Crippen LogP) is 4.90. The summed E-state index contributed by atoms with van der Waals surface area (Å²) in [5, 5.41) is 2.26. The zero-order chi connectivity index (χ0) is 17.1. The van der Waals surface area contributed by atoms with Crippen LogP contribution in [0, 0.1) is 6.92 Å². The van der Waals surface area contributed by atoms with Crippen molar-refractivity contribution in [2.24, 2.45) is 0 Å². The Morgan fingerprint density at radius 1 is 0.920 bits per heavy atom. The first-order valence-corrected chi connectivity index (χ1v) is 8.04. The molecule has 0 bridgehead atoms. The van der Waals surface area contributed by atoms with Crippen molar-refractivity contribution in [1.29, 1.82) is 0 Å². The Hall–Kier alpha value is -2.92. The Kier molecular flexibility index (Phi) is 2.91. The summed E-state index contributed by atoms with van der Waals surface area (Å²) in [6.45, 7) is 2.08. The summed E-state index contributed by atoms with van der Waals surface area (Å²) < 4.78 is 22.1. The van der Waals surface area contributed by atoms with Crippen molar-refractivity contribution in [3.05, 3.63) is 57.4 Å². The zero-order valence-corrected chi connectivity index (χ0v) is 13.8. The van der Waals surface area contributed by atoms with E-state index in [0.717, 1.165) is 16.3 Å². The summed E-state index contributed by atoms with van der Waals surface area (Å²) in [4.78, 5) is 12.1. The molecule has 0 fully saturated rings. The summed E-state index contributed by atoms with van der Waals surface area (Å²) in [6.07, 6.45) is 0. The number of ether oxygens (including phenoxy) is 2. The molecule has 1 aliphatic heterocycles. The van der Waals surface area contributed by atoms with Crippen LogP contribution in [0.5, 0.6) is 11.5 Å². The number of benzene rings is 2. The molecule has 0 spiro atoms. The SMILES string of the molecule is Cc1c(-c2cc(=O)oc3cc4c(cc23)OCO4)oc2ccc(Cl)cc12. The molecular formula is C19H11ClO5. The van der Waals surface area contributed by atoms with E-state index >= 15 is 0 Å². The van der Waals surface area contributed by atoms with Gasteiger partial charge in [0.1, 0.15) is 16.9 Å². The first-order chi connectivity index (χ1) is 12.1. The quantitative estimate of drug-likeness (QED) is 0.455. The van der Waals surface area contributed by atoms with Gasteiger partial charge in [0.2, 0.25) is 6.79 Å². The smallest absolute Gasteiger partial charge is 0.336 e. The normalized spacial score (nSPS) is 13.0. The Morgan fingerprint density at radius 3 is 2.56 bits per heavy atom. The van der Waals surface area contributed by atoms with Crippen LogP contribution in [0.15, 0.2) is 50.0 Å². The third kappa shape index (κ3) is 2.13. The molecule has 0 atom stereocenters. The minimum atomic E-state index is -0.459. The van der Waals surface area contributed by atoms with Crippen molar-refractivity contribution < 1.29 is 18.3 Å². The molecule has 0 amide bonds. The zero-order valence-electron chi connectivity index (χ0n) is 13.1. The van der Waals surface area contributed by atoms with Crippen LogP contribution in [0.25, 0.3) is 33.3 Å². The van der Waals surface area contributed by atoms with Crippen LogP contribution in [0.4, 0.5) is 0 Å². The molecule has 25 heavy (non-hydrogen) atoms. The van der Waals surface area contributed by atoms with Crippen LogP contribution in [0.2, 0.25) is 5.02 Å². The second-order valence-electron chi connectivity index (χ2n) is 5.88. The minimum absolute atomic E-state index is 0.146. The van der Waals surface area contributed by atoms with Crippen molar-refractivity contribution >= 4 is 33.5 Å². The summed E-state index contributed by atoms with van der Waals surface area (Å²) in [7, 11) is 0. The fourth-order valence-corrected chi connectivity index (χ4v) is 3.36. The van der Waals surface area contributed by atoms with E-state index < -0.39 is 5.63 Å². The lowest BCUT2D eigenvalue weighted by Gasteiger charge is -2.05. The predicted molar refractivity (Wildman–Crippen MR) is 93.6 cm³/mol. The molecule has 2 aromatic heterocycles. The van der Waals surface area contributed by atoms with Gasteiger partial charge < -0.3 is 18.3 Å². The average Bonchev–Trinajstić information content (AvgIpc) is 3.17. The van der Waals surface area contributed by atoms with Crippen LogP contribution in [-0.4, -0.2) is 6.79 Å². The van der Waals surface area contributed by atoms with E-state index in [1.165, 1.54) is 6.07 Å². The highest BCUT2D eigenvalue weighted by Crippen LogP contribution is 2.41. The number of hydrogen-bond acceptors (Lipinski definition) is 5. The number of aryl methyl sites for hydroxylation is 1. The fraction of sp³-hybridized carbons (Fsp3) is 0.105. The van der Waals surface area contributed by atoms with Crippen LogP contribution < -0.4 is 15.1 Å². The maximum atomic E-state index is 12.1. The van der Waals surface area contributed by atoms with Crippen LogP contribution in [-0.2, 0) is 0 Å².